The van der Waals surface area contributed by atoms with Gasteiger partial charge in [0.2, 0.25) is 0 Å². The van der Waals surface area contributed by atoms with Gasteiger partial charge < -0.3 is 14.9 Å². The second-order valence-corrected chi connectivity index (χ2v) is 7.43. The van der Waals surface area contributed by atoms with Crippen molar-refractivity contribution in [1.29, 1.82) is 5.26 Å². The molecule has 162 valence electrons. The molecule has 4 rings (SSSR count). The Labute approximate surface area is 188 Å². The summed E-state index contributed by atoms with van der Waals surface area (Å²) in [5, 5.41) is 25.2. The van der Waals surface area contributed by atoms with Crippen molar-refractivity contribution in [2.75, 3.05) is 5.32 Å². The largest absolute Gasteiger partial charge is 0.478 e. The van der Waals surface area contributed by atoms with Crippen LogP contribution in [0.3, 0.4) is 0 Å². The zero-order valence-electron chi connectivity index (χ0n) is 17.7. The Hall–Kier alpha value is -4.77. The first-order valence-corrected chi connectivity index (χ1v) is 9.89. The van der Waals surface area contributed by atoms with E-state index >= 15 is 0 Å². The number of Topliss-reactive ketones (excluding diaryl/α,β-unsaturated/α-hetero) is 1. The molecule has 4 aromatic rings. The molecule has 0 saturated carbocycles. The van der Waals surface area contributed by atoms with Crippen LogP contribution in [0.5, 0.6) is 0 Å². The van der Waals surface area contributed by atoms with E-state index in [2.05, 4.69) is 10.5 Å². The predicted octanol–water partition coefficient (Wildman–Crippen LogP) is 4.83. The highest BCUT2D eigenvalue weighted by Gasteiger charge is 2.22. The molecular formula is C25H17N3O5. The quantitative estimate of drug-likeness (QED) is 0.426. The van der Waals surface area contributed by atoms with E-state index < -0.39 is 11.9 Å². The van der Waals surface area contributed by atoms with E-state index in [0.717, 1.165) is 11.1 Å². The predicted molar refractivity (Wildman–Crippen MR) is 120 cm³/mol. The van der Waals surface area contributed by atoms with Crippen LogP contribution >= 0.6 is 0 Å². The molecule has 0 atom stereocenters. The summed E-state index contributed by atoms with van der Waals surface area (Å²) >= 11 is 0. The Bertz CT molecular complexity index is 1490. The van der Waals surface area contributed by atoms with Crippen LogP contribution in [0.2, 0.25) is 0 Å². The first-order chi connectivity index (χ1) is 15.8. The van der Waals surface area contributed by atoms with Crippen LogP contribution in [0.25, 0.3) is 22.1 Å². The average molecular weight is 439 g/mol. The smallest absolute Gasteiger partial charge is 0.337 e. The van der Waals surface area contributed by atoms with Crippen molar-refractivity contribution in [2.45, 2.75) is 13.8 Å². The molecule has 8 heteroatoms. The highest BCUT2D eigenvalue weighted by Crippen LogP contribution is 2.33. The maximum absolute atomic E-state index is 13.0. The average Bonchev–Trinajstić information content (AvgIpc) is 3.21. The second kappa shape index (κ2) is 8.40. The molecule has 0 bridgehead atoms. The Kier molecular flexibility index (Phi) is 5.46. The minimum absolute atomic E-state index is 0.0159. The van der Waals surface area contributed by atoms with Crippen molar-refractivity contribution in [1.82, 2.24) is 5.16 Å². The molecule has 0 spiro atoms. The number of nitriles is 1. The summed E-state index contributed by atoms with van der Waals surface area (Å²) in [4.78, 5) is 36.9. The Morgan fingerprint density at radius 1 is 1.03 bits per heavy atom. The van der Waals surface area contributed by atoms with Crippen molar-refractivity contribution < 1.29 is 24.0 Å². The maximum Gasteiger partial charge on any atom is 0.337 e. The number of nitrogens with one attached hydrogen (secondary N) is 1. The summed E-state index contributed by atoms with van der Waals surface area (Å²) in [6, 6.07) is 16.6. The highest BCUT2D eigenvalue weighted by atomic mass is 16.5. The van der Waals surface area contributed by atoms with Gasteiger partial charge in [0.25, 0.3) is 5.91 Å². The SMILES string of the molecule is CC(=O)c1cc2onc(C(=O)Nc3ccc(C#N)cc3C(=O)O)c2cc1-c1ccccc1C. The molecule has 1 amide bonds. The molecule has 3 aromatic carbocycles. The molecule has 0 aliphatic heterocycles. The fraction of sp³-hybridized carbons (Fsp3) is 0.0800. The lowest BCUT2D eigenvalue weighted by Gasteiger charge is -2.11. The molecule has 0 unspecified atom stereocenters. The molecule has 1 aromatic heterocycles. The molecular weight excluding hydrogens is 422 g/mol. The molecule has 0 radical (unpaired) electrons. The second-order valence-electron chi connectivity index (χ2n) is 7.43. The minimum atomic E-state index is -1.29. The van der Waals surface area contributed by atoms with Gasteiger partial charge in [-0.25, -0.2) is 4.79 Å². The lowest BCUT2D eigenvalue weighted by molar-refractivity contribution is 0.0697. The molecule has 0 fully saturated rings. The van der Waals surface area contributed by atoms with Gasteiger partial charge in [0.05, 0.1) is 28.3 Å². The monoisotopic (exact) mass is 439 g/mol. The normalized spacial score (nSPS) is 10.6. The van der Waals surface area contributed by atoms with Crippen molar-refractivity contribution in [3.8, 4) is 17.2 Å². The zero-order valence-corrected chi connectivity index (χ0v) is 17.7. The summed E-state index contributed by atoms with van der Waals surface area (Å²) < 4.78 is 5.31. The maximum atomic E-state index is 13.0. The van der Waals surface area contributed by atoms with E-state index in [-0.39, 0.29) is 33.9 Å². The van der Waals surface area contributed by atoms with E-state index in [0.29, 0.717) is 16.5 Å². The van der Waals surface area contributed by atoms with Crippen LogP contribution < -0.4 is 5.32 Å². The van der Waals surface area contributed by atoms with E-state index in [4.69, 9.17) is 9.78 Å². The number of hydrogen-bond acceptors (Lipinski definition) is 6. The molecule has 2 N–H and O–H groups in total. The Balaban J connectivity index is 1.82. The van der Waals surface area contributed by atoms with Gasteiger partial charge in [-0.15, -0.1) is 0 Å². The summed E-state index contributed by atoms with van der Waals surface area (Å²) in [7, 11) is 0. The number of fused-ring (bicyclic) bond motifs is 1. The first-order valence-electron chi connectivity index (χ1n) is 9.89. The number of carboxylic acid groups (broad SMARTS) is 1. The minimum Gasteiger partial charge on any atom is -0.478 e. The van der Waals surface area contributed by atoms with Gasteiger partial charge in [-0.2, -0.15) is 5.26 Å². The molecule has 1 heterocycles. The van der Waals surface area contributed by atoms with Crippen LogP contribution in [0.1, 0.15) is 49.3 Å². The summed E-state index contributed by atoms with van der Waals surface area (Å²) in [6.45, 7) is 3.37. The Morgan fingerprint density at radius 3 is 2.45 bits per heavy atom. The molecule has 33 heavy (non-hydrogen) atoms. The van der Waals surface area contributed by atoms with Gasteiger partial charge in [0.1, 0.15) is 0 Å². The van der Waals surface area contributed by atoms with Crippen LogP contribution in [0.4, 0.5) is 5.69 Å². The number of nitrogens with zero attached hydrogens (tertiary/aromatic N) is 2. The van der Waals surface area contributed by atoms with E-state index in [1.54, 1.807) is 12.1 Å². The highest BCUT2D eigenvalue weighted by molar-refractivity contribution is 6.14. The Morgan fingerprint density at radius 2 is 1.79 bits per heavy atom. The number of ketones is 1. The van der Waals surface area contributed by atoms with Crippen molar-refractivity contribution in [3.63, 3.8) is 0 Å². The third-order valence-corrected chi connectivity index (χ3v) is 5.27. The van der Waals surface area contributed by atoms with Crippen LogP contribution in [0.15, 0.2) is 59.1 Å². The number of carbonyl (C=O) groups is 3. The number of rotatable bonds is 5. The fourth-order valence-electron chi connectivity index (χ4n) is 3.62. The van der Waals surface area contributed by atoms with Gasteiger partial charge in [0.15, 0.2) is 17.1 Å². The molecule has 8 nitrogen and oxygen atoms in total. The number of carbonyl (C=O) groups excluding carboxylic acids is 2. The lowest BCUT2D eigenvalue weighted by atomic mass is 9.92. The molecule has 0 saturated heterocycles. The number of aromatic nitrogens is 1. The summed E-state index contributed by atoms with van der Waals surface area (Å²) in [5.41, 5.74) is 2.98. The van der Waals surface area contributed by atoms with E-state index in [1.807, 2.05) is 37.3 Å². The topological polar surface area (TPSA) is 133 Å². The van der Waals surface area contributed by atoms with Crippen molar-refractivity contribution in [3.05, 3.63) is 82.5 Å². The summed E-state index contributed by atoms with van der Waals surface area (Å²) in [6.07, 6.45) is 0. The molecule has 0 aliphatic carbocycles. The van der Waals surface area contributed by atoms with E-state index in [9.17, 15) is 19.5 Å². The summed E-state index contributed by atoms with van der Waals surface area (Å²) in [5.74, 6) is -2.14. The van der Waals surface area contributed by atoms with Crippen molar-refractivity contribution in [2.24, 2.45) is 0 Å². The van der Waals surface area contributed by atoms with Gasteiger partial charge in [-0.1, -0.05) is 29.4 Å². The van der Waals surface area contributed by atoms with Gasteiger partial charge in [0, 0.05) is 5.56 Å². The van der Waals surface area contributed by atoms with Crippen LogP contribution in [0, 0.1) is 18.3 Å². The fourth-order valence-corrected chi connectivity index (χ4v) is 3.62. The number of benzene rings is 3. The van der Waals surface area contributed by atoms with Crippen molar-refractivity contribution >= 4 is 34.3 Å². The van der Waals surface area contributed by atoms with Gasteiger partial charge >= 0.3 is 5.97 Å². The zero-order chi connectivity index (χ0) is 23.7. The number of aromatic carboxylic acids is 1. The lowest BCUT2D eigenvalue weighted by Crippen LogP contribution is -2.15. The van der Waals surface area contributed by atoms with Crippen LogP contribution in [-0.4, -0.2) is 27.9 Å². The third kappa shape index (κ3) is 3.95. The van der Waals surface area contributed by atoms with Gasteiger partial charge in [-0.05, 0) is 60.9 Å². The number of anilines is 1. The number of carboxylic acids is 1. The number of hydrogen-bond donors (Lipinski definition) is 2. The standard InChI is InChI=1S/C25H17N3O5/c1-13-5-3-4-6-16(13)18-10-20-22(11-17(18)14(2)29)33-28-23(20)24(30)27-21-8-7-15(12-26)9-19(21)25(31)32/h3-11H,1-2H3,(H,27,30)(H,31,32). The third-order valence-electron chi connectivity index (χ3n) is 5.27. The first kappa shape index (κ1) is 21.5. The number of amides is 1. The van der Waals surface area contributed by atoms with E-state index in [1.165, 1.54) is 25.1 Å². The van der Waals surface area contributed by atoms with Crippen LogP contribution in [-0.2, 0) is 0 Å². The number of aryl methyl sites for hydroxylation is 1. The van der Waals surface area contributed by atoms with Gasteiger partial charge in [-0.3, -0.25) is 9.59 Å². The molecule has 0 aliphatic rings.